The molecular weight excluding hydrogens is 439 g/mol. The van der Waals surface area contributed by atoms with Crippen LogP contribution in [-0.2, 0) is 18.6 Å². The van der Waals surface area contributed by atoms with Crippen molar-refractivity contribution in [3.05, 3.63) is 0 Å². The molecule has 0 saturated heterocycles. The average molecular weight is 495 g/mol. The molecule has 0 atom stereocenters. The Balaban J connectivity index is 3.86. The smallest absolute Gasteiger partial charge is 0.375 e. The molecule has 0 bridgehead atoms. The molecule has 0 radical (unpaired) electrons. The molecule has 0 saturated carbocycles. The molecule has 0 aromatic rings. The summed E-state index contributed by atoms with van der Waals surface area (Å²) in [6.45, 7) is 21.0. The summed E-state index contributed by atoms with van der Waals surface area (Å²) >= 11 is 0. The lowest BCUT2D eigenvalue weighted by atomic mass is 9.77. The Morgan fingerprint density at radius 1 is 0.576 bits per heavy atom. The molecule has 200 valence electrons. The van der Waals surface area contributed by atoms with Crippen LogP contribution in [0.4, 0.5) is 0 Å². The van der Waals surface area contributed by atoms with Crippen molar-refractivity contribution in [2.45, 2.75) is 138 Å². The first-order chi connectivity index (χ1) is 14.8. The Bertz CT molecular complexity index is 560. The number of hydrogen-bond donors (Lipinski definition) is 2. The minimum Gasteiger partial charge on any atom is -0.375 e. The van der Waals surface area contributed by atoms with Crippen LogP contribution in [0.2, 0.25) is 0 Å². The maximum atomic E-state index is 10.8. The Morgan fingerprint density at radius 2 is 1.06 bits per heavy atom. The van der Waals surface area contributed by atoms with E-state index in [2.05, 4.69) is 53.0 Å². The van der Waals surface area contributed by atoms with Gasteiger partial charge in [-0.05, 0) is 77.0 Å². The van der Waals surface area contributed by atoms with Crippen molar-refractivity contribution in [3.63, 3.8) is 0 Å². The molecule has 6 nitrogen and oxygen atoms in total. The van der Waals surface area contributed by atoms with Crippen LogP contribution in [0.1, 0.15) is 127 Å². The second-order valence-electron chi connectivity index (χ2n) is 12.8. The van der Waals surface area contributed by atoms with E-state index in [0.717, 1.165) is 19.4 Å². The fourth-order valence-electron chi connectivity index (χ4n) is 3.55. The summed E-state index contributed by atoms with van der Waals surface area (Å²) in [7, 11) is -4.42. The largest absolute Gasteiger partial charge is 0.469 e. The molecule has 0 aliphatic rings. The van der Waals surface area contributed by atoms with Crippen LogP contribution in [-0.4, -0.2) is 40.8 Å². The van der Waals surface area contributed by atoms with Gasteiger partial charge < -0.3 is 19.3 Å². The molecule has 0 aromatic heterocycles. The molecule has 33 heavy (non-hydrogen) atoms. The molecule has 0 unspecified atom stereocenters. The van der Waals surface area contributed by atoms with Crippen molar-refractivity contribution >= 4 is 7.82 Å². The highest BCUT2D eigenvalue weighted by Gasteiger charge is 2.24. The summed E-state index contributed by atoms with van der Waals surface area (Å²) in [5.74, 6) is 0. The van der Waals surface area contributed by atoms with E-state index in [1.807, 2.05) is 13.8 Å². The summed E-state index contributed by atoms with van der Waals surface area (Å²) in [6.07, 6.45) is 11.3. The fourth-order valence-corrected chi connectivity index (χ4v) is 3.88. The average Bonchev–Trinajstić information content (AvgIpc) is 2.60. The molecule has 0 aliphatic carbocycles. The molecule has 0 aliphatic heterocycles. The Morgan fingerprint density at radius 3 is 1.61 bits per heavy atom. The van der Waals surface area contributed by atoms with E-state index in [9.17, 15) is 4.57 Å². The van der Waals surface area contributed by atoms with Gasteiger partial charge in [0.2, 0.25) is 0 Å². The Kier molecular flexibility index (Phi) is 14.6. The van der Waals surface area contributed by atoms with Crippen molar-refractivity contribution in [1.29, 1.82) is 0 Å². The van der Waals surface area contributed by atoms with E-state index in [4.69, 9.17) is 19.3 Å². The maximum Gasteiger partial charge on any atom is 0.469 e. The van der Waals surface area contributed by atoms with Crippen LogP contribution in [0.15, 0.2) is 0 Å². The van der Waals surface area contributed by atoms with E-state index in [1.165, 1.54) is 44.9 Å². The first kappa shape index (κ1) is 33.0. The highest BCUT2D eigenvalue weighted by atomic mass is 31.2. The molecule has 2 N–H and O–H groups in total. The first-order valence-corrected chi connectivity index (χ1v) is 14.3. The predicted octanol–water partition coefficient (Wildman–Crippen LogP) is 7.66. The van der Waals surface area contributed by atoms with E-state index in [-0.39, 0.29) is 12.2 Å². The van der Waals surface area contributed by atoms with Gasteiger partial charge in [-0.15, -0.1) is 0 Å². The third kappa shape index (κ3) is 22.3. The van der Waals surface area contributed by atoms with Crippen molar-refractivity contribution in [2.24, 2.45) is 10.8 Å². The third-order valence-corrected chi connectivity index (χ3v) is 6.72. The molecule has 0 rings (SSSR count). The highest BCUT2D eigenvalue weighted by molar-refractivity contribution is 7.46. The van der Waals surface area contributed by atoms with Crippen LogP contribution in [0.5, 0.6) is 0 Å². The first-order valence-electron chi connectivity index (χ1n) is 12.8. The lowest BCUT2D eigenvalue weighted by molar-refractivity contribution is -0.0778. The standard InChI is InChI=1S/C26H55O6P/c1-23(2,3)16-17-24(4,5)15-13-11-10-12-14-20-30-25(6,7)18-21-31-26(8,9)19-22-32-33(27,28)29/h10-22H2,1-9H3,(H2,27,28,29). The number of phosphoric acid groups is 1. The van der Waals surface area contributed by atoms with Gasteiger partial charge in [-0.3, -0.25) is 4.52 Å². The molecule has 0 aromatic carbocycles. The zero-order valence-electron chi connectivity index (χ0n) is 23.2. The minimum atomic E-state index is -4.42. The minimum absolute atomic E-state index is 0.0361. The maximum absolute atomic E-state index is 10.8. The van der Waals surface area contributed by atoms with Crippen LogP contribution in [0.3, 0.4) is 0 Å². The van der Waals surface area contributed by atoms with Crippen molar-refractivity contribution in [3.8, 4) is 0 Å². The summed E-state index contributed by atoms with van der Waals surface area (Å²) < 4.78 is 27.3. The molecule has 0 fully saturated rings. The molecule has 7 heteroatoms. The van der Waals surface area contributed by atoms with Gasteiger partial charge in [-0.2, -0.15) is 0 Å². The second-order valence-corrected chi connectivity index (χ2v) is 14.0. The van der Waals surface area contributed by atoms with Gasteiger partial charge in [-0.25, -0.2) is 4.57 Å². The van der Waals surface area contributed by atoms with Crippen LogP contribution in [0, 0.1) is 10.8 Å². The van der Waals surface area contributed by atoms with Crippen LogP contribution in [0.25, 0.3) is 0 Å². The molecule has 0 amide bonds. The SMILES string of the molecule is CC(C)(C)CCC(C)(C)CCCCCCCOC(C)(C)CCOC(C)(C)CCOP(=O)(O)O. The summed E-state index contributed by atoms with van der Waals surface area (Å²) in [5, 5.41) is 0. The quantitative estimate of drug-likeness (QED) is 0.142. The monoisotopic (exact) mass is 494 g/mol. The Hall–Kier alpha value is 0.0300. The lowest BCUT2D eigenvalue weighted by Crippen LogP contribution is -2.31. The Labute approximate surface area is 204 Å². The summed E-state index contributed by atoms with van der Waals surface area (Å²) in [6, 6.07) is 0. The number of phosphoric ester groups is 1. The predicted molar refractivity (Wildman–Crippen MR) is 137 cm³/mol. The molecule has 0 spiro atoms. The van der Waals surface area contributed by atoms with Gasteiger partial charge in [0.1, 0.15) is 0 Å². The fraction of sp³-hybridized carbons (Fsp3) is 1.00. The number of rotatable bonds is 19. The van der Waals surface area contributed by atoms with E-state index in [1.54, 1.807) is 0 Å². The zero-order valence-corrected chi connectivity index (χ0v) is 24.1. The summed E-state index contributed by atoms with van der Waals surface area (Å²) in [5.41, 5.74) is 0.113. The van der Waals surface area contributed by atoms with Gasteiger partial charge in [0.15, 0.2) is 0 Å². The van der Waals surface area contributed by atoms with Gasteiger partial charge in [0, 0.05) is 6.61 Å². The second kappa shape index (κ2) is 14.6. The zero-order chi connectivity index (χ0) is 25.8. The topological polar surface area (TPSA) is 85.2 Å². The van der Waals surface area contributed by atoms with Crippen molar-refractivity contribution < 1.29 is 28.3 Å². The third-order valence-electron chi connectivity index (χ3n) is 6.20. The lowest BCUT2D eigenvalue weighted by Gasteiger charge is -2.30. The van der Waals surface area contributed by atoms with Crippen LogP contribution >= 0.6 is 7.82 Å². The van der Waals surface area contributed by atoms with Gasteiger partial charge >= 0.3 is 7.82 Å². The van der Waals surface area contributed by atoms with E-state index < -0.39 is 13.4 Å². The van der Waals surface area contributed by atoms with Crippen molar-refractivity contribution in [2.75, 3.05) is 19.8 Å². The van der Waals surface area contributed by atoms with Crippen molar-refractivity contribution in [1.82, 2.24) is 0 Å². The van der Waals surface area contributed by atoms with Gasteiger partial charge in [0.05, 0.1) is 24.4 Å². The molecule has 0 heterocycles. The summed E-state index contributed by atoms with van der Waals surface area (Å²) in [4.78, 5) is 17.5. The van der Waals surface area contributed by atoms with Gasteiger partial charge in [-0.1, -0.05) is 60.3 Å². The van der Waals surface area contributed by atoms with Crippen LogP contribution < -0.4 is 0 Å². The van der Waals surface area contributed by atoms with E-state index >= 15 is 0 Å². The van der Waals surface area contributed by atoms with E-state index in [0.29, 0.717) is 23.9 Å². The van der Waals surface area contributed by atoms with Gasteiger partial charge in [0.25, 0.3) is 0 Å². The molecular formula is C26H55O6P. The number of unbranched alkanes of at least 4 members (excludes halogenated alkanes) is 4. The number of hydrogen-bond acceptors (Lipinski definition) is 4. The normalized spacial score (nSPS) is 14.2. The highest BCUT2D eigenvalue weighted by Crippen LogP contribution is 2.36. The number of ether oxygens (including phenoxy) is 2.